The first-order chi connectivity index (χ1) is 15.5. The molecule has 0 radical (unpaired) electrons. The van der Waals surface area contributed by atoms with Crippen molar-refractivity contribution in [1.82, 2.24) is 20.2 Å². The van der Waals surface area contributed by atoms with E-state index in [1.807, 2.05) is 31.3 Å². The van der Waals surface area contributed by atoms with Gasteiger partial charge in [0.15, 0.2) is 0 Å². The van der Waals surface area contributed by atoms with Gasteiger partial charge in [-0.15, -0.1) is 0 Å². The summed E-state index contributed by atoms with van der Waals surface area (Å²) in [4.78, 5) is 22.9. The van der Waals surface area contributed by atoms with Crippen molar-refractivity contribution < 1.29 is 9.53 Å². The zero-order chi connectivity index (χ0) is 22.5. The summed E-state index contributed by atoms with van der Waals surface area (Å²) < 4.78 is 5.56. The van der Waals surface area contributed by atoms with Gasteiger partial charge in [0, 0.05) is 31.2 Å². The molecule has 5 N–H and O–H groups in total. The van der Waals surface area contributed by atoms with E-state index >= 15 is 0 Å². The third-order valence-electron chi connectivity index (χ3n) is 6.09. The van der Waals surface area contributed by atoms with Gasteiger partial charge in [-0.25, -0.2) is 9.97 Å². The molecule has 4 rings (SSSR count). The highest BCUT2D eigenvalue weighted by molar-refractivity contribution is 6.16. The lowest BCUT2D eigenvalue weighted by Crippen LogP contribution is -2.48. The van der Waals surface area contributed by atoms with Gasteiger partial charge < -0.3 is 26.0 Å². The maximum atomic E-state index is 12.4. The number of hydrogen-bond acceptors (Lipinski definition) is 8. The molecule has 1 unspecified atom stereocenters. The number of carbonyl (C=O) groups excluding carboxylic acids is 1. The summed E-state index contributed by atoms with van der Waals surface area (Å²) in [5.74, 6) is 0.799. The Hall–Kier alpha value is -3.04. The predicted octanol–water partition coefficient (Wildman–Crippen LogP) is 1.78. The topological polar surface area (TPSA) is 129 Å². The highest BCUT2D eigenvalue weighted by Gasteiger charge is 2.24. The molecule has 2 aliphatic rings. The Balaban J connectivity index is 1.40. The molecule has 1 saturated heterocycles. The van der Waals surface area contributed by atoms with E-state index in [4.69, 9.17) is 15.9 Å². The molecule has 2 aromatic rings. The van der Waals surface area contributed by atoms with Gasteiger partial charge in [-0.2, -0.15) is 0 Å². The Kier molecular flexibility index (Phi) is 6.96. The number of anilines is 2. The molecule has 32 heavy (non-hydrogen) atoms. The van der Waals surface area contributed by atoms with Gasteiger partial charge in [-0.1, -0.05) is 37.1 Å². The minimum absolute atomic E-state index is 0.106. The van der Waals surface area contributed by atoms with E-state index in [0.29, 0.717) is 48.5 Å². The molecule has 2 fully saturated rings. The fourth-order valence-electron chi connectivity index (χ4n) is 4.19. The van der Waals surface area contributed by atoms with Gasteiger partial charge in [0.25, 0.3) is 5.91 Å². The molecule has 1 aliphatic carbocycles. The molecule has 9 nitrogen and oxygen atoms in total. The largest absolute Gasteiger partial charge is 0.383 e. The first-order valence-electron chi connectivity index (χ1n) is 11.1. The van der Waals surface area contributed by atoms with Crippen LogP contribution in [0.15, 0.2) is 30.6 Å². The standard InChI is InChI=1S/C23H31N7O2/c1-30-10-11-32-18(13-30)23(31)26-12-15-6-8-16(9-7-15)20(24)19-21(25)27-14-28-22(19)29-17-4-2-3-5-17/h6-9,14,17-18,24H,2-5,10-13H2,1H3,(H,26,31)(H3,25,27,28,29). The quantitative estimate of drug-likeness (QED) is 0.486. The van der Waals surface area contributed by atoms with Gasteiger partial charge in [0.1, 0.15) is 24.1 Å². The van der Waals surface area contributed by atoms with Crippen LogP contribution in [0.2, 0.25) is 0 Å². The molecule has 1 saturated carbocycles. The summed E-state index contributed by atoms with van der Waals surface area (Å²) in [6, 6.07) is 7.89. The van der Waals surface area contributed by atoms with Crippen LogP contribution < -0.4 is 16.4 Å². The number of likely N-dealkylation sites (N-methyl/N-ethyl adjacent to an activating group) is 1. The Morgan fingerprint density at radius 1 is 1.25 bits per heavy atom. The van der Waals surface area contributed by atoms with E-state index in [-0.39, 0.29) is 11.6 Å². The number of nitrogen functional groups attached to an aromatic ring is 1. The molecule has 1 aromatic carbocycles. The van der Waals surface area contributed by atoms with Crippen molar-refractivity contribution in [1.29, 1.82) is 5.41 Å². The monoisotopic (exact) mass is 437 g/mol. The van der Waals surface area contributed by atoms with E-state index in [1.165, 1.54) is 19.2 Å². The van der Waals surface area contributed by atoms with E-state index in [2.05, 4.69) is 25.5 Å². The van der Waals surface area contributed by atoms with Crippen LogP contribution in [-0.2, 0) is 16.1 Å². The van der Waals surface area contributed by atoms with E-state index in [0.717, 1.165) is 24.9 Å². The second-order valence-electron chi connectivity index (χ2n) is 8.52. The predicted molar refractivity (Wildman–Crippen MR) is 124 cm³/mol. The normalized spacial score (nSPS) is 19.6. The van der Waals surface area contributed by atoms with Crippen LogP contribution in [0.1, 0.15) is 42.4 Å². The summed E-state index contributed by atoms with van der Waals surface area (Å²) in [6.07, 6.45) is 5.59. The minimum Gasteiger partial charge on any atom is -0.383 e. The zero-order valence-electron chi connectivity index (χ0n) is 18.4. The lowest BCUT2D eigenvalue weighted by Gasteiger charge is -2.29. The van der Waals surface area contributed by atoms with Crippen LogP contribution in [0.4, 0.5) is 11.6 Å². The van der Waals surface area contributed by atoms with E-state index < -0.39 is 6.10 Å². The molecule has 0 spiro atoms. The number of benzene rings is 1. The molecular weight excluding hydrogens is 406 g/mol. The maximum Gasteiger partial charge on any atom is 0.250 e. The fraction of sp³-hybridized carbons (Fsp3) is 0.478. The van der Waals surface area contributed by atoms with Crippen molar-refractivity contribution in [3.8, 4) is 0 Å². The number of morpholine rings is 1. The third-order valence-corrected chi connectivity index (χ3v) is 6.09. The number of nitrogens with one attached hydrogen (secondary N) is 3. The van der Waals surface area contributed by atoms with Gasteiger partial charge in [0.2, 0.25) is 0 Å². The van der Waals surface area contributed by atoms with Crippen LogP contribution in [-0.4, -0.2) is 65.4 Å². The maximum absolute atomic E-state index is 12.4. The molecule has 9 heteroatoms. The molecule has 0 bridgehead atoms. The van der Waals surface area contributed by atoms with Crippen LogP contribution in [0.5, 0.6) is 0 Å². The molecule has 1 aromatic heterocycles. The Morgan fingerprint density at radius 2 is 2.00 bits per heavy atom. The van der Waals surface area contributed by atoms with Crippen molar-refractivity contribution in [2.45, 2.75) is 44.4 Å². The fourth-order valence-corrected chi connectivity index (χ4v) is 4.19. The average Bonchev–Trinajstić information content (AvgIpc) is 3.31. The first kappa shape index (κ1) is 22.2. The van der Waals surface area contributed by atoms with Crippen molar-refractivity contribution in [2.75, 3.05) is 37.8 Å². The van der Waals surface area contributed by atoms with Crippen LogP contribution in [0.25, 0.3) is 0 Å². The molecular formula is C23H31N7O2. The molecule has 1 aliphatic heterocycles. The highest BCUT2D eigenvalue weighted by atomic mass is 16.5. The van der Waals surface area contributed by atoms with Crippen LogP contribution >= 0.6 is 0 Å². The Bertz CT molecular complexity index is 957. The summed E-state index contributed by atoms with van der Waals surface area (Å²) >= 11 is 0. The Labute approximate surface area is 188 Å². The number of carbonyl (C=O) groups is 1. The lowest BCUT2D eigenvalue weighted by atomic mass is 10.0. The molecule has 2 heterocycles. The number of hydrogen-bond donors (Lipinski definition) is 4. The van der Waals surface area contributed by atoms with E-state index in [9.17, 15) is 4.79 Å². The SMILES string of the molecule is CN1CCOC(C(=O)NCc2ccc(C(=N)c3c(N)ncnc3NC3CCCC3)cc2)C1. The van der Waals surface area contributed by atoms with Crippen LogP contribution in [0, 0.1) is 5.41 Å². The Morgan fingerprint density at radius 3 is 2.72 bits per heavy atom. The number of aromatic nitrogens is 2. The summed E-state index contributed by atoms with van der Waals surface area (Å²) in [5, 5.41) is 15.1. The highest BCUT2D eigenvalue weighted by Crippen LogP contribution is 2.26. The number of amides is 1. The van der Waals surface area contributed by atoms with Gasteiger partial charge in [-0.3, -0.25) is 10.2 Å². The lowest BCUT2D eigenvalue weighted by molar-refractivity contribution is -0.137. The molecule has 1 amide bonds. The van der Waals surface area contributed by atoms with Gasteiger partial charge in [-0.05, 0) is 25.5 Å². The first-order valence-corrected chi connectivity index (χ1v) is 11.1. The van der Waals surface area contributed by atoms with Crippen molar-refractivity contribution in [2.24, 2.45) is 0 Å². The third kappa shape index (κ3) is 5.23. The number of nitrogens with two attached hydrogens (primary N) is 1. The second-order valence-corrected chi connectivity index (χ2v) is 8.52. The van der Waals surface area contributed by atoms with E-state index in [1.54, 1.807) is 0 Å². The van der Waals surface area contributed by atoms with Gasteiger partial charge in [0.05, 0.1) is 17.9 Å². The smallest absolute Gasteiger partial charge is 0.250 e. The van der Waals surface area contributed by atoms with Crippen molar-refractivity contribution in [3.05, 3.63) is 47.3 Å². The number of ether oxygens (including phenoxy) is 1. The minimum atomic E-state index is -0.437. The summed E-state index contributed by atoms with van der Waals surface area (Å²) in [5.41, 5.74) is 8.59. The van der Waals surface area contributed by atoms with Crippen LogP contribution in [0.3, 0.4) is 0 Å². The van der Waals surface area contributed by atoms with Crippen molar-refractivity contribution in [3.63, 3.8) is 0 Å². The second kappa shape index (κ2) is 10.1. The number of nitrogens with zero attached hydrogens (tertiary/aromatic N) is 3. The average molecular weight is 438 g/mol. The molecule has 170 valence electrons. The van der Waals surface area contributed by atoms with Gasteiger partial charge >= 0.3 is 0 Å². The van der Waals surface area contributed by atoms with Crippen molar-refractivity contribution >= 4 is 23.3 Å². The number of rotatable bonds is 7. The molecule has 1 atom stereocenters. The zero-order valence-corrected chi connectivity index (χ0v) is 18.4. The summed E-state index contributed by atoms with van der Waals surface area (Å²) in [6.45, 7) is 2.40. The summed E-state index contributed by atoms with van der Waals surface area (Å²) in [7, 11) is 1.98.